The molecule has 0 aromatic carbocycles. The molecule has 0 unspecified atom stereocenters. The normalized spacial score (nSPS) is 15.3. The monoisotopic (exact) mass is 517 g/mol. The van der Waals surface area contributed by atoms with Crippen molar-refractivity contribution in [2.75, 3.05) is 49.8 Å². The molecule has 5 rings (SSSR count). The zero-order valence-electron chi connectivity index (χ0n) is 20.7. The van der Waals surface area contributed by atoms with E-state index in [1.54, 1.807) is 50.4 Å². The standard InChI is InChI=1S/C26H25F2N9O/c1-38-18-23-17-35(8-9-37(23)24-5-4-22(28)15-29-24)26-32-12-20(13-33-26)3-2-19-10-30-25(31-11-19)21-14-34-36(16-21)7-6-27/h4-5,10-16,23H,6-9,17-18H2,1H3/t23-/m1/s1. The van der Waals surface area contributed by atoms with Crippen LogP contribution in [0.2, 0.25) is 0 Å². The number of nitrogens with zero attached hydrogens (tertiary/aromatic N) is 9. The minimum atomic E-state index is -0.485. The molecule has 0 N–H and O–H groups in total. The summed E-state index contributed by atoms with van der Waals surface area (Å²) in [7, 11) is 1.65. The van der Waals surface area contributed by atoms with Gasteiger partial charge in [-0.2, -0.15) is 5.10 Å². The lowest BCUT2D eigenvalue weighted by molar-refractivity contribution is 0.173. The van der Waals surface area contributed by atoms with Gasteiger partial charge in [-0.15, -0.1) is 0 Å². The maximum Gasteiger partial charge on any atom is 0.225 e. The predicted octanol–water partition coefficient (Wildman–Crippen LogP) is 2.38. The molecule has 1 aliphatic heterocycles. The quantitative estimate of drug-likeness (QED) is 0.342. The van der Waals surface area contributed by atoms with Gasteiger partial charge in [-0.05, 0) is 12.1 Å². The highest BCUT2D eigenvalue weighted by atomic mass is 19.1. The predicted molar refractivity (Wildman–Crippen MR) is 137 cm³/mol. The number of ether oxygens (including phenoxy) is 1. The van der Waals surface area contributed by atoms with Gasteiger partial charge in [-0.3, -0.25) is 4.68 Å². The summed E-state index contributed by atoms with van der Waals surface area (Å²) in [4.78, 5) is 26.1. The Balaban J connectivity index is 1.22. The summed E-state index contributed by atoms with van der Waals surface area (Å²) in [5.74, 6) is 7.50. The van der Waals surface area contributed by atoms with Crippen LogP contribution in [0.15, 0.2) is 55.5 Å². The number of anilines is 2. The van der Waals surface area contributed by atoms with Crippen molar-refractivity contribution in [3.63, 3.8) is 0 Å². The van der Waals surface area contributed by atoms with Crippen molar-refractivity contribution in [2.45, 2.75) is 12.6 Å². The molecule has 12 heteroatoms. The van der Waals surface area contributed by atoms with Gasteiger partial charge >= 0.3 is 0 Å². The molecule has 0 aliphatic carbocycles. The SMILES string of the molecule is COC[C@H]1CN(c2ncc(C#Cc3cnc(-c4cnn(CCF)c4)nc3)cn2)CCN1c1ccc(F)cn1. The lowest BCUT2D eigenvalue weighted by Crippen LogP contribution is -2.56. The average molecular weight is 518 g/mol. The highest BCUT2D eigenvalue weighted by Gasteiger charge is 2.29. The second kappa shape index (κ2) is 11.7. The Morgan fingerprint density at radius 3 is 2.34 bits per heavy atom. The van der Waals surface area contributed by atoms with Crippen LogP contribution in [0, 0.1) is 17.7 Å². The third kappa shape index (κ3) is 5.90. The zero-order chi connectivity index (χ0) is 26.3. The first kappa shape index (κ1) is 25.2. The first-order valence-electron chi connectivity index (χ1n) is 12.0. The number of halogens is 2. The van der Waals surface area contributed by atoms with Gasteiger partial charge in [0.05, 0.1) is 48.3 Å². The van der Waals surface area contributed by atoms with Gasteiger partial charge in [0.25, 0.3) is 0 Å². The molecule has 4 aromatic rings. The molecule has 0 spiro atoms. The molecule has 194 valence electrons. The molecule has 10 nitrogen and oxygen atoms in total. The topological polar surface area (TPSA) is 98.0 Å². The minimum absolute atomic E-state index is 0.00999. The molecule has 1 aliphatic rings. The van der Waals surface area contributed by atoms with Crippen LogP contribution in [0.1, 0.15) is 11.1 Å². The molecule has 1 saturated heterocycles. The summed E-state index contributed by atoms with van der Waals surface area (Å²) in [5, 5.41) is 4.08. The third-order valence-electron chi connectivity index (χ3n) is 5.98. The van der Waals surface area contributed by atoms with Crippen LogP contribution in [0.5, 0.6) is 0 Å². The first-order valence-corrected chi connectivity index (χ1v) is 12.0. The van der Waals surface area contributed by atoms with Gasteiger partial charge in [-0.1, -0.05) is 11.8 Å². The number of alkyl halides is 1. The largest absolute Gasteiger partial charge is 0.382 e. The molecule has 4 aromatic heterocycles. The molecule has 38 heavy (non-hydrogen) atoms. The smallest absolute Gasteiger partial charge is 0.225 e. The summed E-state index contributed by atoms with van der Waals surface area (Å²) >= 11 is 0. The summed E-state index contributed by atoms with van der Waals surface area (Å²) in [6, 6.07) is 3.10. The van der Waals surface area contributed by atoms with Crippen molar-refractivity contribution in [1.82, 2.24) is 34.7 Å². The number of aryl methyl sites for hydroxylation is 1. The number of methoxy groups -OCH3 is 1. The zero-order valence-corrected chi connectivity index (χ0v) is 20.7. The van der Waals surface area contributed by atoms with Crippen molar-refractivity contribution in [3.05, 3.63) is 72.5 Å². The lowest BCUT2D eigenvalue weighted by Gasteiger charge is -2.41. The van der Waals surface area contributed by atoms with Crippen molar-refractivity contribution in [3.8, 4) is 23.2 Å². The lowest BCUT2D eigenvalue weighted by atomic mass is 10.1. The highest BCUT2D eigenvalue weighted by molar-refractivity contribution is 5.52. The van der Waals surface area contributed by atoms with E-state index in [0.29, 0.717) is 60.5 Å². The van der Waals surface area contributed by atoms with E-state index in [0.717, 1.165) is 0 Å². The molecular weight excluding hydrogens is 492 g/mol. The van der Waals surface area contributed by atoms with E-state index in [4.69, 9.17) is 4.74 Å². The number of pyridine rings is 1. The Labute approximate surface area is 218 Å². The summed E-state index contributed by atoms with van der Waals surface area (Å²) in [6.07, 6.45) is 11.2. The number of hydrogen-bond acceptors (Lipinski definition) is 9. The third-order valence-corrected chi connectivity index (χ3v) is 5.98. The first-order chi connectivity index (χ1) is 18.6. The number of aromatic nitrogens is 7. The Hall–Kier alpha value is -4.50. The second-order valence-electron chi connectivity index (χ2n) is 8.58. The molecule has 0 bridgehead atoms. The summed E-state index contributed by atoms with van der Waals surface area (Å²) in [6.45, 7) is 2.18. The van der Waals surface area contributed by atoms with Gasteiger partial charge < -0.3 is 14.5 Å². The van der Waals surface area contributed by atoms with E-state index >= 15 is 0 Å². The fourth-order valence-corrected chi connectivity index (χ4v) is 4.13. The Morgan fingerprint density at radius 1 is 0.947 bits per heavy atom. The van der Waals surface area contributed by atoms with Crippen LogP contribution in [0.25, 0.3) is 11.4 Å². The van der Waals surface area contributed by atoms with Gasteiger partial charge in [0, 0.05) is 57.7 Å². The number of hydrogen-bond donors (Lipinski definition) is 0. The Kier molecular flexibility index (Phi) is 7.75. The van der Waals surface area contributed by atoms with Crippen LogP contribution in [0.4, 0.5) is 20.5 Å². The molecule has 0 radical (unpaired) electrons. The molecule has 5 heterocycles. The fourth-order valence-electron chi connectivity index (χ4n) is 4.13. The van der Waals surface area contributed by atoms with E-state index in [2.05, 4.69) is 51.7 Å². The van der Waals surface area contributed by atoms with Crippen LogP contribution >= 0.6 is 0 Å². The van der Waals surface area contributed by atoms with Crippen molar-refractivity contribution in [2.24, 2.45) is 0 Å². The van der Waals surface area contributed by atoms with Crippen LogP contribution in [0.3, 0.4) is 0 Å². The van der Waals surface area contributed by atoms with Crippen molar-refractivity contribution in [1.29, 1.82) is 0 Å². The fraction of sp³-hybridized carbons (Fsp3) is 0.308. The number of rotatable bonds is 7. The van der Waals surface area contributed by atoms with Crippen molar-refractivity contribution < 1.29 is 13.5 Å². The van der Waals surface area contributed by atoms with Gasteiger partial charge in [0.2, 0.25) is 5.95 Å². The highest BCUT2D eigenvalue weighted by Crippen LogP contribution is 2.21. The molecule has 0 amide bonds. The van der Waals surface area contributed by atoms with E-state index in [-0.39, 0.29) is 18.4 Å². The molecule has 1 fully saturated rings. The number of piperazine rings is 1. The Morgan fingerprint density at radius 2 is 1.68 bits per heavy atom. The van der Waals surface area contributed by atoms with E-state index < -0.39 is 6.67 Å². The van der Waals surface area contributed by atoms with Gasteiger partial charge in [-0.25, -0.2) is 33.7 Å². The van der Waals surface area contributed by atoms with Gasteiger partial charge in [0.1, 0.15) is 18.3 Å². The molecule has 1 atom stereocenters. The maximum atomic E-state index is 13.3. The van der Waals surface area contributed by atoms with E-state index in [1.807, 2.05) is 0 Å². The summed E-state index contributed by atoms with van der Waals surface area (Å²) < 4.78 is 32.7. The Bertz CT molecular complexity index is 1400. The van der Waals surface area contributed by atoms with Crippen LogP contribution in [-0.4, -0.2) is 80.8 Å². The second-order valence-corrected chi connectivity index (χ2v) is 8.58. The maximum absolute atomic E-state index is 13.3. The van der Waals surface area contributed by atoms with E-state index in [9.17, 15) is 8.78 Å². The van der Waals surface area contributed by atoms with Crippen molar-refractivity contribution >= 4 is 11.8 Å². The summed E-state index contributed by atoms with van der Waals surface area (Å²) in [5.41, 5.74) is 2.01. The minimum Gasteiger partial charge on any atom is -0.382 e. The molecule has 0 saturated carbocycles. The van der Waals surface area contributed by atoms with Gasteiger partial charge in [0.15, 0.2) is 5.82 Å². The molecular formula is C26H25F2N9O. The van der Waals surface area contributed by atoms with E-state index in [1.165, 1.54) is 16.9 Å². The average Bonchev–Trinajstić information content (AvgIpc) is 3.42. The van der Waals surface area contributed by atoms with Crippen LogP contribution < -0.4 is 9.80 Å². The van der Waals surface area contributed by atoms with Crippen LogP contribution in [-0.2, 0) is 11.3 Å².